The zero-order chi connectivity index (χ0) is 18.2. The summed E-state index contributed by atoms with van der Waals surface area (Å²) in [7, 11) is 0. The number of hydrogen-bond acceptors (Lipinski definition) is 4. The van der Waals surface area contributed by atoms with Crippen LogP contribution in [0.5, 0.6) is 0 Å². The van der Waals surface area contributed by atoms with E-state index in [1.54, 1.807) is 0 Å². The highest BCUT2D eigenvalue weighted by Gasteiger charge is 2.17. The van der Waals surface area contributed by atoms with Crippen molar-refractivity contribution in [2.45, 2.75) is 63.8 Å². The Kier molecular flexibility index (Phi) is 13.5. The molecule has 0 aromatic carbocycles. The van der Waals surface area contributed by atoms with Crippen LogP contribution in [0.2, 0.25) is 0 Å². The lowest BCUT2D eigenvalue weighted by Crippen LogP contribution is -2.43. The summed E-state index contributed by atoms with van der Waals surface area (Å²) in [6.45, 7) is 3.47. The summed E-state index contributed by atoms with van der Waals surface area (Å²) in [5, 5.41) is 22.5. The number of aliphatic hydroxyl groups excluding tert-OH is 1. The molecule has 0 rings (SSSR count). The number of carboxylic acids is 1. The lowest BCUT2D eigenvalue weighted by atomic mass is 10.1. The predicted molar refractivity (Wildman–Crippen MR) is 91.4 cm³/mol. The van der Waals surface area contributed by atoms with E-state index in [4.69, 9.17) is 10.2 Å². The van der Waals surface area contributed by atoms with Crippen molar-refractivity contribution in [1.82, 2.24) is 10.6 Å². The maximum Gasteiger partial charge on any atom is 0.328 e. The summed E-state index contributed by atoms with van der Waals surface area (Å²) in [5.41, 5.74) is 0. The highest BCUT2D eigenvalue weighted by Crippen LogP contribution is 2.09. The van der Waals surface area contributed by atoms with E-state index < -0.39 is 18.6 Å². The van der Waals surface area contributed by atoms with E-state index in [9.17, 15) is 14.4 Å². The number of nitrogens with one attached hydrogen (secondary N) is 2. The van der Waals surface area contributed by atoms with Crippen LogP contribution < -0.4 is 10.6 Å². The van der Waals surface area contributed by atoms with Crippen LogP contribution in [-0.2, 0) is 14.4 Å². The summed E-state index contributed by atoms with van der Waals surface area (Å²) < 4.78 is 0. The second kappa shape index (κ2) is 14.7. The van der Waals surface area contributed by atoms with Crippen LogP contribution in [0.25, 0.3) is 0 Å². The van der Waals surface area contributed by atoms with Crippen LogP contribution >= 0.6 is 0 Å². The molecule has 7 nitrogen and oxygen atoms in total. The van der Waals surface area contributed by atoms with E-state index in [-0.39, 0.29) is 18.2 Å². The number of carbonyl (C=O) groups is 3. The molecule has 4 N–H and O–H groups in total. The zero-order valence-corrected chi connectivity index (χ0v) is 14.3. The predicted octanol–water partition coefficient (Wildman–Crippen LogP) is 1.36. The Morgan fingerprint density at radius 1 is 0.958 bits per heavy atom. The molecule has 0 aliphatic carbocycles. The number of carboxylic acid groups (broad SMARTS) is 1. The minimum atomic E-state index is -1.23. The molecule has 0 bridgehead atoms. The van der Waals surface area contributed by atoms with Gasteiger partial charge in [-0.1, -0.05) is 45.1 Å². The average molecular weight is 342 g/mol. The molecule has 0 aliphatic rings. The molecule has 0 aromatic rings. The first kappa shape index (κ1) is 22.1. The Bertz CT molecular complexity index is 398. The number of aliphatic carboxylic acids is 1. The number of carbonyl (C=O) groups excluding carboxylic acids is 2. The number of rotatable bonds is 15. The van der Waals surface area contributed by atoms with Crippen molar-refractivity contribution in [2.24, 2.45) is 0 Å². The maximum atomic E-state index is 11.5. The molecule has 0 aliphatic heterocycles. The molecule has 0 radical (unpaired) electrons. The van der Waals surface area contributed by atoms with Crippen LogP contribution in [0, 0.1) is 0 Å². The number of unbranched alkanes of at least 4 members (excludes halogenated alkanes) is 7. The van der Waals surface area contributed by atoms with Crippen molar-refractivity contribution >= 4 is 17.8 Å². The van der Waals surface area contributed by atoms with E-state index in [0.29, 0.717) is 6.54 Å². The first-order valence-corrected chi connectivity index (χ1v) is 8.54. The Hall–Kier alpha value is -1.89. The van der Waals surface area contributed by atoms with Gasteiger partial charge < -0.3 is 20.8 Å². The van der Waals surface area contributed by atoms with Gasteiger partial charge in [0.2, 0.25) is 11.8 Å². The largest absolute Gasteiger partial charge is 0.480 e. The molecule has 0 saturated heterocycles. The van der Waals surface area contributed by atoms with E-state index in [0.717, 1.165) is 51.4 Å². The number of hydrogen-bond donors (Lipinski definition) is 4. The molecule has 0 saturated carbocycles. The molecule has 2 amide bonds. The summed E-state index contributed by atoms with van der Waals surface area (Å²) in [5.74, 6) is -1.69. The van der Waals surface area contributed by atoms with Gasteiger partial charge in [0, 0.05) is 13.0 Å². The summed E-state index contributed by atoms with van der Waals surface area (Å²) in [4.78, 5) is 33.1. The Morgan fingerprint density at radius 3 is 2.00 bits per heavy atom. The lowest BCUT2D eigenvalue weighted by molar-refractivity contribution is -0.143. The van der Waals surface area contributed by atoms with Crippen molar-refractivity contribution in [3.63, 3.8) is 0 Å². The van der Waals surface area contributed by atoms with Gasteiger partial charge in [0.15, 0.2) is 0 Å². The van der Waals surface area contributed by atoms with E-state index >= 15 is 0 Å². The van der Waals surface area contributed by atoms with E-state index in [1.807, 2.05) is 0 Å². The van der Waals surface area contributed by atoms with Gasteiger partial charge in [-0.15, -0.1) is 0 Å². The normalized spacial score (nSPS) is 11.5. The zero-order valence-electron chi connectivity index (χ0n) is 14.3. The fraction of sp³-hybridized carbons (Fsp3) is 0.706. The van der Waals surface area contributed by atoms with Gasteiger partial charge >= 0.3 is 5.97 Å². The summed E-state index contributed by atoms with van der Waals surface area (Å²) in [6, 6.07) is -1.21. The van der Waals surface area contributed by atoms with Gasteiger partial charge in [-0.2, -0.15) is 0 Å². The van der Waals surface area contributed by atoms with Crippen molar-refractivity contribution < 1.29 is 24.6 Å². The molecule has 7 heteroatoms. The highest BCUT2D eigenvalue weighted by atomic mass is 16.4. The second-order valence-electron chi connectivity index (χ2n) is 5.71. The van der Waals surface area contributed by atoms with Gasteiger partial charge in [-0.3, -0.25) is 9.59 Å². The average Bonchev–Trinajstić information content (AvgIpc) is 2.56. The Labute approximate surface area is 143 Å². The number of aliphatic hydroxyl groups is 1. The Morgan fingerprint density at radius 2 is 1.50 bits per heavy atom. The topological polar surface area (TPSA) is 116 Å². The second-order valence-corrected chi connectivity index (χ2v) is 5.71. The van der Waals surface area contributed by atoms with Gasteiger partial charge in [0.1, 0.15) is 6.04 Å². The molecule has 0 fully saturated rings. The third kappa shape index (κ3) is 12.6. The van der Waals surface area contributed by atoms with E-state index in [2.05, 4.69) is 17.2 Å². The first-order valence-electron chi connectivity index (χ1n) is 8.54. The van der Waals surface area contributed by atoms with Gasteiger partial charge in [-0.25, -0.2) is 4.79 Å². The lowest BCUT2D eigenvalue weighted by Gasteiger charge is -2.11. The van der Waals surface area contributed by atoms with Crippen LogP contribution in [0.1, 0.15) is 57.8 Å². The molecule has 0 aromatic heterocycles. The monoisotopic (exact) mass is 342 g/mol. The molecule has 138 valence electrons. The fourth-order valence-electron chi connectivity index (χ4n) is 2.21. The third-order valence-corrected chi connectivity index (χ3v) is 3.63. The quantitative estimate of drug-likeness (QED) is 0.265. The van der Waals surface area contributed by atoms with Crippen LogP contribution in [0.4, 0.5) is 0 Å². The fourth-order valence-corrected chi connectivity index (χ4v) is 2.21. The first-order chi connectivity index (χ1) is 11.5. The van der Waals surface area contributed by atoms with Crippen LogP contribution in [-0.4, -0.2) is 47.2 Å². The van der Waals surface area contributed by atoms with Gasteiger partial charge in [0.05, 0.1) is 6.61 Å². The highest BCUT2D eigenvalue weighted by molar-refractivity contribution is 5.86. The SMILES string of the molecule is C=CC(=O)NCCCCCCCCCCC(=O)N[C@@H](CO)C(=O)O. The Balaban J connectivity index is 3.39. The van der Waals surface area contributed by atoms with Crippen molar-refractivity contribution in [3.05, 3.63) is 12.7 Å². The van der Waals surface area contributed by atoms with E-state index in [1.165, 1.54) is 6.08 Å². The standard InChI is InChI=1S/C17H30N2O5/c1-2-15(21)18-12-10-8-6-4-3-5-7-9-11-16(22)19-14(13-20)17(23)24/h2,14,20H,1,3-13H2,(H,18,21)(H,19,22)(H,23,24)/t14-/m0/s1. The summed E-state index contributed by atoms with van der Waals surface area (Å²) in [6.07, 6.45) is 9.66. The van der Waals surface area contributed by atoms with Crippen LogP contribution in [0.15, 0.2) is 12.7 Å². The minimum Gasteiger partial charge on any atom is -0.480 e. The van der Waals surface area contributed by atoms with Crippen molar-refractivity contribution in [2.75, 3.05) is 13.2 Å². The molecule has 0 spiro atoms. The van der Waals surface area contributed by atoms with Gasteiger partial charge in [-0.05, 0) is 18.9 Å². The maximum absolute atomic E-state index is 11.5. The van der Waals surface area contributed by atoms with Gasteiger partial charge in [0.25, 0.3) is 0 Å². The molecule has 24 heavy (non-hydrogen) atoms. The molecule has 1 atom stereocenters. The van der Waals surface area contributed by atoms with Crippen molar-refractivity contribution in [3.8, 4) is 0 Å². The third-order valence-electron chi connectivity index (χ3n) is 3.63. The molecule has 0 heterocycles. The van der Waals surface area contributed by atoms with Crippen molar-refractivity contribution in [1.29, 1.82) is 0 Å². The molecular weight excluding hydrogens is 312 g/mol. The molecular formula is C17H30N2O5. The smallest absolute Gasteiger partial charge is 0.328 e. The molecule has 0 unspecified atom stereocenters. The number of amides is 2. The summed E-state index contributed by atoms with van der Waals surface area (Å²) >= 11 is 0. The van der Waals surface area contributed by atoms with Crippen LogP contribution in [0.3, 0.4) is 0 Å². The minimum absolute atomic E-state index is 0.132.